The second-order valence-corrected chi connectivity index (χ2v) is 21.7. The summed E-state index contributed by atoms with van der Waals surface area (Å²) in [7, 11) is 0. The number of hydrogen-bond acceptors (Lipinski definition) is 4. The van der Waals surface area contributed by atoms with Gasteiger partial charge < -0.3 is 13.6 Å². The van der Waals surface area contributed by atoms with Crippen LogP contribution in [-0.2, 0) is 25.5 Å². The predicted octanol–water partition coefficient (Wildman–Crippen LogP) is 18.5. The summed E-state index contributed by atoms with van der Waals surface area (Å²) < 4.78 is 11.8. The van der Waals surface area contributed by atoms with Crippen molar-refractivity contribution in [3.63, 3.8) is 0 Å². The van der Waals surface area contributed by atoms with Gasteiger partial charge in [-0.1, -0.05) is 144 Å². The van der Waals surface area contributed by atoms with E-state index in [1.165, 1.54) is 71.3 Å². The minimum Gasteiger partial charge on any atom is -0.501 e. The molecule has 0 fully saturated rings. The molecule has 9 aromatic carbocycles. The van der Waals surface area contributed by atoms with Crippen LogP contribution in [0.25, 0.3) is 116 Å². The molecule has 0 aliphatic carbocycles. The van der Waals surface area contributed by atoms with Crippen molar-refractivity contribution in [1.82, 2.24) is 24.1 Å². The summed E-state index contributed by atoms with van der Waals surface area (Å²) >= 11 is 0. The predicted molar refractivity (Wildman–Crippen MR) is 310 cm³/mol. The average molecular weight is 1150 g/mol. The van der Waals surface area contributed by atoms with E-state index >= 15 is 0 Å². The van der Waals surface area contributed by atoms with Crippen LogP contribution in [0, 0.1) is 12.1 Å². The third-order valence-electron chi connectivity index (χ3n) is 14.7. The number of imidazole rings is 1. The first-order valence-corrected chi connectivity index (χ1v) is 26.0. The van der Waals surface area contributed by atoms with Gasteiger partial charge in [0.25, 0.3) is 0 Å². The van der Waals surface area contributed by atoms with Crippen molar-refractivity contribution >= 4 is 76.3 Å². The van der Waals surface area contributed by atoms with E-state index < -0.39 is 0 Å². The Morgan fingerprint density at radius 3 is 1.96 bits per heavy atom. The SMILES string of the molecule is CC(C)(C)c1cc(-c2[c-]cccc2)ncn1.CC(C)c1cc(-c2ccc3c4ccccc4n(C(C)C)c3c2)cc(C(C)C)c1-n1c(-c2[c-]ccc3c2oc2cc4c(ccc5ccccc54)cc23)nc2ccccc21.[Ir]. The Labute approximate surface area is 452 Å². The summed E-state index contributed by atoms with van der Waals surface area (Å²) in [5, 5.41) is 9.60. The van der Waals surface area contributed by atoms with Crippen LogP contribution < -0.4 is 0 Å². The molecule has 0 unspecified atom stereocenters. The minimum absolute atomic E-state index is 0. The topological polar surface area (TPSA) is 61.7 Å². The minimum atomic E-state index is 0. The number of aromatic nitrogens is 5. The van der Waals surface area contributed by atoms with Gasteiger partial charge in [0, 0.05) is 70.1 Å². The van der Waals surface area contributed by atoms with Crippen molar-refractivity contribution in [2.24, 2.45) is 0 Å². The second kappa shape index (κ2) is 19.5. The Balaban J connectivity index is 0.000000304. The maximum absolute atomic E-state index is 6.91. The van der Waals surface area contributed by atoms with Gasteiger partial charge in [-0.25, -0.2) is 4.98 Å². The number of furan rings is 1. The number of benzene rings is 9. The third kappa shape index (κ3) is 8.72. The van der Waals surface area contributed by atoms with Crippen LogP contribution in [0.2, 0.25) is 0 Å². The summed E-state index contributed by atoms with van der Waals surface area (Å²) in [5.41, 5.74) is 16.3. The second-order valence-electron chi connectivity index (χ2n) is 21.7. The largest absolute Gasteiger partial charge is 0.501 e. The zero-order valence-corrected chi connectivity index (χ0v) is 46.3. The van der Waals surface area contributed by atoms with Crippen LogP contribution in [0.5, 0.6) is 0 Å². The van der Waals surface area contributed by atoms with E-state index in [0.29, 0.717) is 6.04 Å². The Kier molecular flexibility index (Phi) is 12.9. The van der Waals surface area contributed by atoms with Gasteiger partial charge >= 0.3 is 0 Å². The molecule has 0 spiro atoms. The van der Waals surface area contributed by atoms with E-state index in [0.717, 1.165) is 61.3 Å². The molecule has 13 rings (SSSR count). The molecule has 7 heteroatoms. The zero-order valence-electron chi connectivity index (χ0n) is 44.0. The van der Waals surface area contributed by atoms with Crippen molar-refractivity contribution in [3.8, 4) is 39.5 Å². The van der Waals surface area contributed by atoms with Crippen molar-refractivity contribution in [1.29, 1.82) is 0 Å². The van der Waals surface area contributed by atoms with Gasteiger partial charge in [-0.05, 0) is 124 Å². The molecule has 4 aromatic heterocycles. The molecule has 0 saturated carbocycles. The van der Waals surface area contributed by atoms with E-state index in [-0.39, 0.29) is 37.4 Å². The normalized spacial score (nSPS) is 12.1. The maximum Gasteiger partial charge on any atom is 0.121 e. The summed E-state index contributed by atoms with van der Waals surface area (Å²) in [4.78, 5) is 14.0. The first-order valence-electron chi connectivity index (χ1n) is 26.0. The van der Waals surface area contributed by atoms with Gasteiger partial charge in [0.05, 0.1) is 22.4 Å². The van der Waals surface area contributed by atoms with Gasteiger partial charge in [0.1, 0.15) is 11.9 Å². The number of para-hydroxylation sites is 3. The fraction of sp³-hybridized carbons (Fsp3) is 0.191. The van der Waals surface area contributed by atoms with Gasteiger partial charge in [0.15, 0.2) is 0 Å². The molecule has 0 aliphatic heterocycles. The summed E-state index contributed by atoms with van der Waals surface area (Å²) in [6.07, 6.45) is 1.62. The molecule has 13 aromatic rings. The number of nitrogens with zero attached hydrogens (tertiary/aromatic N) is 5. The van der Waals surface area contributed by atoms with Crippen molar-refractivity contribution in [2.75, 3.05) is 0 Å². The third-order valence-corrected chi connectivity index (χ3v) is 14.7. The maximum atomic E-state index is 6.91. The number of fused-ring (bicyclic) bond motifs is 10. The van der Waals surface area contributed by atoms with E-state index in [2.05, 4.69) is 227 Å². The molecule has 0 aliphatic rings. The van der Waals surface area contributed by atoms with Crippen molar-refractivity contribution in [3.05, 3.63) is 205 Å². The van der Waals surface area contributed by atoms with Crippen LogP contribution >= 0.6 is 0 Å². The summed E-state index contributed by atoms with van der Waals surface area (Å²) in [6.45, 7) is 20.2. The van der Waals surface area contributed by atoms with Crippen LogP contribution in [0.4, 0.5) is 0 Å². The Morgan fingerprint density at radius 1 is 0.533 bits per heavy atom. The van der Waals surface area contributed by atoms with Crippen LogP contribution in [-0.4, -0.2) is 24.1 Å². The molecular weight excluding hydrogens is 1090 g/mol. The van der Waals surface area contributed by atoms with Crippen molar-refractivity contribution < 1.29 is 24.5 Å². The fourth-order valence-electron chi connectivity index (χ4n) is 11.0. The fourth-order valence-corrected chi connectivity index (χ4v) is 11.0. The molecule has 0 saturated heterocycles. The molecule has 4 heterocycles. The molecule has 0 atom stereocenters. The van der Waals surface area contributed by atoms with Crippen LogP contribution in [0.3, 0.4) is 0 Å². The monoisotopic (exact) mass is 1150 g/mol. The summed E-state index contributed by atoms with van der Waals surface area (Å²) in [6, 6.07) is 67.9. The zero-order chi connectivity index (χ0) is 51.0. The first kappa shape index (κ1) is 49.5. The van der Waals surface area contributed by atoms with E-state index in [9.17, 15) is 0 Å². The molecule has 373 valence electrons. The molecule has 1 radical (unpaired) electrons. The van der Waals surface area contributed by atoms with Gasteiger partial charge in [-0.2, -0.15) is 0 Å². The molecule has 6 nitrogen and oxygen atoms in total. The standard InChI is InChI=1S/C54H44N3O.C14H15N2.Ir/c1-31(2)43-27-37(35-24-25-40-39-16-9-11-20-48(39)56(33(5)6)50(40)29-35)28-44(32(3)4)52(43)57-49-21-12-10-19-47(49)55-54(57)42-18-13-17-41-46-26-36-23-22-34-14-7-8-15-38(34)45(36)30-51(46)58-53(41)42;1-14(2,3)13-9-12(15-10-16-13)11-7-5-4-6-8-11;/h7-17,19-33H,1-6H3;4-7,9-10H,1-3H3;/q2*-1;. The van der Waals surface area contributed by atoms with Gasteiger partial charge in [-0.3, -0.25) is 9.97 Å². The van der Waals surface area contributed by atoms with E-state index in [4.69, 9.17) is 9.40 Å². The smallest absolute Gasteiger partial charge is 0.121 e. The van der Waals surface area contributed by atoms with Crippen molar-refractivity contribution in [2.45, 2.75) is 85.6 Å². The van der Waals surface area contributed by atoms with Crippen LogP contribution in [0.15, 0.2) is 181 Å². The molecule has 0 N–H and O–H groups in total. The molecule has 0 amide bonds. The summed E-state index contributed by atoms with van der Waals surface area (Å²) in [5.74, 6) is 1.31. The Hall–Kier alpha value is -7.70. The number of rotatable bonds is 7. The average Bonchev–Trinajstić information content (AvgIpc) is 4.10. The first-order chi connectivity index (χ1) is 35.8. The van der Waals surface area contributed by atoms with Crippen LogP contribution in [0.1, 0.15) is 97.0 Å². The van der Waals surface area contributed by atoms with E-state index in [1.54, 1.807) is 6.33 Å². The van der Waals surface area contributed by atoms with Gasteiger partial charge in [-0.15, -0.1) is 54.1 Å². The quantitative estimate of drug-likeness (QED) is 0.118. The molecule has 75 heavy (non-hydrogen) atoms. The number of hydrogen-bond donors (Lipinski definition) is 0. The Bertz CT molecular complexity index is 4250. The Morgan fingerprint density at radius 2 is 1.23 bits per heavy atom. The van der Waals surface area contributed by atoms with Gasteiger partial charge in [0.2, 0.25) is 0 Å². The molecule has 0 bridgehead atoms. The molecular formula is C68H59IrN5O-2. The van der Waals surface area contributed by atoms with E-state index in [1.807, 2.05) is 36.4 Å².